The van der Waals surface area contributed by atoms with E-state index in [1.165, 1.54) is 66.4 Å². The molecule has 5 heteroatoms. The first-order valence-corrected chi connectivity index (χ1v) is 22.3. The summed E-state index contributed by atoms with van der Waals surface area (Å²) in [6, 6.07) is 76.2. The third-order valence-corrected chi connectivity index (χ3v) is 13.6. The maximum Gasteiger partial charge on any atom is 0.238 e. The first kappa shape index (κ1) is 37.2. The van der Waals surface area contributed by atoms with Crippen molar-refractivity contribution in [2.45, 2.75) is 19.3 Å². The molecule has 0 amide bonds. The molecule has 0 fully saturated rings. The molecule has 5 nitrogen and oxygen atoms in total. The van der Waals surface area contributed by atoms with Crippen molar-refractivity contribution >= 4 is 43.6 Å². The van der Waals surface area contributed by atoms with Crippen molar-refractivity contribution in [3.63, 3.8) is 0 Å². The van der Waals surface area contributed by atoms with E-state index in [1.807, 2.05) is 36.4 Å². The highest BCUT2D eigenvalue weighted by Crippen LogP contribution is 2.51. The van der Waals surface area contributed by atoms with E-state index in [0.717, 1.165) is 38.5 Å². The van der Waals surface area contributed by atoms with Gasteiger partial charge in [-0.3, -0.25) is 4.57 Å². The van der Waals surface area contributed by atoms with Gasteiger partial charge in [0.15, 0.2) is 11.6 Å². The van der Waals surface area contributed by atoms with Crippen LogP contribution < -0.4 is 0 Å². The van der Waals surface area contributed by atoms with Gasteiger partial charge in [0.1, 0.15) is 0 Å². The molecule has 1 aliphatic carbocycles. The van der Waals surface area contributed by atoms with Crippen LogP contribution in [0.25, 0.3) is 111 Å². The fraction of sp³-hybridized carbons (Fsp3) is 0.0500. The summed E-state index contributed by atoms with van der Waals surface area (Å²) in [7, 11) is 0. The Morgan fingerprint density at radius 3 is 1.25 bits per heavy atom. The fourth-order valence-corrected chi connectivity index (χ4v) is 10.4. The number of hydrogen-bond donors (Lipinski definition) is 0. The predicted octanol–water partition coefficient (Wildman–Crippen LogP) is 15.0. The Balaban J connectivity index is 0.927. The van der Waals surface area contributed by atoms with Gasteiger partial charge in [-0.05, 0) is 105 Å². The first-order chi connectivity index (χ1) is 32.0. The van der Waals surface area contributed by atoms with Crippen LogP contribution in [0.5, 0.6) is 0 Å². The van der Waals surface area contributed by atoms with E-state index in [2.05, 4.69) is 199 Å². The molecule has 0 bridgehead atoms. The van der Waals surface area contributed by atoms with Gasteiger partial charge in [0, 0.05) is 43.8 Å². The summed E-state index contributed by atoms with van der Waals surface area (Å²) in [5, 5.41) is 4.81. The quantitative estimate of drug-likeness (QED) is 0.168. The van der Waals surface area contributed by atoms with Gasteiger partial charge in [-0.25, -0.2) is 4.98 Å². The summed E-state index contributed by atoms with van der Waals surface area (Å²) < 4.78 is 4.57. The predicted molar refractivity (Wildman–Crippen MR) is 268 cm³/mol. The molecule has 3 heterocycles. The molecule has 9 aromatic carbocycles. The number of rotatable bonds is 6. The maximum absolute atomic E-state index is 5.14. The second-order valence-electron chi connectivity index (χ2n) is 17.7. The number of hydrogen-bond acceptors (Lipinski definition) is 3. The van der Waals surface area contributed by atoms with Crippen LogP contribution in [-0.2, 0) is 5.41 Å². The monoisotopic (exact) mass is 831 g/mol. The van der Waals surface area contributed by atoms with E-state index in [-0.39, 0.29) is 5.41 Å². The number of para-hydroxylation sites is 3. The molecule has 0 spiro atoms. The summed E-state index contributed by atoms with van der Waals surface area (Å²) >= 11 is 0. The van der Waals surface area contributed by atoms with E-state index >= 15 is 0 Å². The van der Waals surface area contributed by atoms with E-state index in [4.69, 9.17) is 15.0 Å². The van der Waals surface area contributed by atoms with Crippen LogP contribution in [-0.4, -0.2) is 24.1 Å². The molecule has 3 aromatic heterocycles. The molecule has 13 rings (SSSR count). The standard InChI is InChI=1S/C60H41N5/c1-60(2)51-30-26-40(42-28-32-55-49(36-42)45-22-12-14-24-53(45)64(55)44-20-10-5-11-21-44)34-47(51)48-35-41(27-31-52(48)60)43-29-33-56-50(37-43)46-23-13-15-25-54(46)65(56)59-62-57(38-16-6-3-7-17-38)61-58(63-59)39-18-8-4-9-19-39/h3-37H,1-2H3. The Morgan fingerprint density at radius 1 is 0.323 bits per heavy atom. The lowest BCUT2D eigenvalue weighted by molar-refractivity contribution is 0.660. The largest absolute Gasteiger partial charge is 0.309 e. The van der Waals surface area contributed by atoms with Crippen LogP contribution in [0, 0.1) is 0 Å². The minimum Gasteiger partial charge on any atom is -0.309 e. The summed E-state index contributed by atoms with van der Waals surface area (Å²) in [4.78, 5) is 15.2. The van der Waals surface area contributed by atoms with Gasteiger partial charge in [0.25, 0.3) is 0 Å². The summed E-state index contributed by atoms with van der Waals surface area (Å²) in [6.45, 7) is 4.71. The van der Waals surface area contributed by atoms with Crippen molar-refractivity contribution in [1.82, 2.24) is 24.1 Å². The van der Waals surface area contributed by atoms with Crippen molar-refractivity contribution in [3.05, 3.63) is 223 Å². The lowest BCUT2D eigenvalue weighted by atomic mass is 9.82. The maximum atomic E-state index is 5.14. The minimum atomic E-state index is -0.131. The fourth-order valence-electron chi connectivity index (χ4n) is 10.4. The van der Waals surface area contributed by atoms with Crippen LogP contribution >= 0.6 is 0 Å². The topological polar surface area (TPSA) is 48.5 Å². The van der Waals surface area contributed by atoms with Gasteiger partial charge in [-0.2, -0.15) is 9.97 Å². The van der Waals surface area contributed by atoms with E-state index in [9.17, 15) is 0 Å². The van der Waals surface area contributed by atoms with Crippen molar-refractivity contribution in [3.8, 4) is 67.8 Å². The zero-order valence-corrected chi connectivity index (χ0v) is 35.9. The summed E-state index contributed by atoms with van der Waals surface area (Å²) in [6.07, 6.45) is 0. The Hall–Kier alpha value is -8.41. The van der Waals surface area contributed by atoms with Crippen LogP contribution in [0.3, 0.4) is 0 Å². The second-order valence-corrected chi connectivity index (χ2v) is 17.7. The average Bonchev–Trinajstić information content (AvgIpc) is 3.96. The molecule has 0 N–H and O–H groups in total. The molecule has 0 unspecified atom stereocenters. The third kappa shape index (κ3) is 5.82. The van der Waals surface area contributed by atoms with Crippen molar-refractivity contribution in [1.29, 1.82) is 0 Å². The highest BCUT2D eigenvalue weighted by molar-refractivity contribution is 6.11. The Labute approximate surface area is 376 Å². The Bertz CT molecular complexity index is 3790. The van der Waals surface area contributed by atoms with Gasteiger partial charge >= 0.3 is 0 Å². The lowest BCUT2D eigenvalue weighted by Crippen LogP contribution is -2.14. The molecule has 12 aromatic rings. The number of benzene rings is 9. The molecule has 65 heavy (non-hydrogen) atoms. The van der Waals surface area contributed by atoms with Crippen molar-refractivity contribution < 1.29 is 0 Å². The van der Waals surface area contributed by atoms with Crippen LogP contribution in [0.2, 0.25) is 0 Å². The van der Waals surface area contributed by atoms with E-state index < -0.39 is 0 Å². The van der Waals surface area contributed by atoms with Crippen LogP contribution in [0.15, 0.2) is 212 Å². The zero-order chi connectivity index (χ0) is 43.2. The number of aromatic nitrogens is 5. The summed E-state index contributed by atoms with van der Waals surface area (Å²) in [5.41, 5.74) is 17.5. The highest BCUT2D eigenvalue weighted by Gasteiger charge is 2.36. The molecule has 0 aliphatic heterocycles. The van der Waals surface area contributed by atoms with Gasteiger partial charge in [0.05, 0.1) is 22.1 Å². The molecule has 0 atom stereocenters. The zero-order valence-electron chi connectivity index (χ0n) is 35.9. The second kappa shape index (κ2) is 14.3. The van der Waals surface area contributed by atoms with Crippen molar-refractivity contribution in [2.24, 2.45) is 0 Å². The molecule has 306 valence electrons. The van der Waals surface area contributed by atoms with Gasteiger partial charge < -0.3 is 4.57 Å². The first-order valence-electron chi connectivity index (χ1n) is 22.3. The van der Waals surface area contributed by atoms with E-state index in [1.54, 1.807) is 0 Å². The Kier molecular flexibility index (Phi) is 8.18. The van der Waals surface area contributed by atoms with Crippen LogP contribution in [0.1, 0.15) is 25.0 Å². The van der Waals surface area contributed by atoms with Gasteiger partial charge in [-0.1, -0.05) is 166 Å². The normalized spacial score (nSPS) is 12.9. The molecule has 0 radical (unpaired) electrons. The molecule has 0 saturated heterocycles. The van der Waals surface area contributed by atoms with E-state index in [0.29, 0.717) is 17.6 Å². The van der Waals surface area contributed by atoms with Gasteiger partial charge in [-0.15, -0.1) is 0 Å². The molecule has 1 aliphatic rings. The lowest BCUT2D eigenvalue weighted by Gasteiger charge is -2.21. The molecule has 0 saturated carbocycles. The smallest absolute Gasteiger partial charge is 0.238 e. The van der Waals surface area contributed by atoms with Crippen LogP contribution in [0.4, 0.5) is 0 Å². The number of fused-ring (bicyclic) bond motifs is 9. The Morgan fingerprint density at radius 2 is 0.723 bits per heavy atom. The molecular weight excluding hydrogens is 791 g/mol. The number of nitrogens with zero attached hydrogens (tertiary/aromatic N) is 5. The van der Waals surface area contributed by atoms with Gasteiger partial charge in [0.2, 0.25) is 5.95 Å². The summed E-state index contributed by atoms with van der Waals surface area (Å²) in [5.74, 6) is 1.86. The minimum absolute atomic E-state index is 0.131. The highest BCUT2D eigenvalue weighted by atomic mass is 15.2. The third-order valence-electron chi connectivity index (χ3n) is 13.6. The van der Waals surface area contributed by atoms with Crippen molar-refractivity contribution in [2.75, 3.05) is 0 Å². The molecular formula is C60H41N5. The SMILES string of the molecule is CC1(C)c2ccc(-c3ccc4c(c3)c3ccccc3n4-c3ccccc3)cc2-c2cc(-c3ccc4c(c3)c3ccccc3n4-c3nc(-c4ccccc4)nc(-c4ccccc4)n3)ccc21. The average molecular weight is 832 g/mol.